The molecular formula is C15H17ClN2O3. The van der Waals surface area contributed by atoms with E-state index in [4.69, 9.17) is 21.5 Å². The SMILES string of the molecule is O=C(NC1CCC(Cl)=C(C=NO)C1)OCc1ccccc1. The van der Waals surface area contributed by atoms with Crippen molar-refractivity contribution >= 4 is 23.9 Å². The van der Waals surface area contributed by atoms with Crippen LogP contribution in [0.15, 0.2) is 46.1 Å². The van der Waals surface area contributed by atoms with E-state index < -0.39 is 6.09 Å². The van der Waals surface area contributed by atoms with Crippen LogP contribution in [-0.4, -0.2) is 23.6 Å². The smallest absolute Gasteiger partial charge is 0.407 e. The fourth-order valence-corrected chi connectivity index (χ4v) is 2.42. The molecular weight excluding hydrogens is 292 g/mol. The highest BCUT2D eigenvalue weighted by molar-refractivity contribution is 6.31. The van der Waals surface area contributed by atoms with E-state index in [-0.39, 0.29) is 12.6 Å². The maximum Gasteiger partial charge on any atom is 0.407 e. The van der Waals surface area contributed by atoms with Crippen LogP contribution in [-0.2, 0) is 11.3 Å². The minimum absolute atomic E-state index is 0.0660. The van der Waals surface area contributed by atoms with Crippen molar-refractivity contribution in [2.75, 3.05) is 0 Å². The summed E-state index contributed by atoms with van der Waals surface area (Å²) in [5.41, 5.74) is 1.67. The average Bonchev–Trinajstić information content (AvgIpc) is 2.50. The lowest BCUT2D eigenvalue weighted by molar-refractivity contribution is 0.135. The number of nitrogens with one attached hydrogen (secondary N) is 1. The Bertz CT molecular complexity index is 543. The van der Waals surface area contributed by atoms with E-state index in [2.05, 4.69) is 10.5 Å². The van der Waals surface area contributed by atoms with Gasteiger partial charge in [0.15, 0.2) is 0 Å². The molecule has 1 atom stereocenters. The van der Waals surface area contributed by atoms with Gasteiger partial charge in [-0.3, -0.25) is 0 Å². The molecule has 112 valence electrons. The third kappa shape index (κ3) is 4.79. The van der Waals surface area contributed by atoms with Crippen LogP contribution >= 0.6 is 11.6 Å². The summed E-state index contributed by atoms with van der Waals surface area (Å²) in [6.45, 7) is 0.237. The minimum atomic E-state index is -0.456. The molecule has 1 amide bonds. The number of allylic oxidation sites excluding steroid dienone is 1. The highest BCUT2D eigenvalue weighted by Gasteiger charge is 2.21. The first-order chi connectivity index (χ1) is 10.2. The van der Waals surface area contributed by atoms with Crippen LogP contribution in [0.25, 0.3) is 0 Å². The second-order valence-electron chi connectivity index (χ2n) is 4.82. The molecule has 0 saturated heterocycles. The predicted octanol–water partition coefficient (Wildman–Crippen LogP) is 3.42. The summed E-state index contributed by atoms with van der Waals surface area (Å²) >= 11 is 6.04. The molecule has 1 aromatic rings. The Morgan fingerprint density at radius 1 is 1.48 bits per heavy atom. The summed E-state index contributed by atoms with van der Waals surface area (Å²) in [6, 6.07) is 9.42. The standard InChI is InChI=1S/C15H17ClN2O3/c16-14-7-6-13(8-12(14)9-17-20)18-15(19)21-10-11-4-2-1-3-5-11/h1-5,9,13,20H,6-8,10H2,(H,18,19). The van der Waals surface area contributed by atoms with Crippen molar-refractivity contribution in [3.63, 3.8) is 0 Å². The third-order valence-corrected chi connectivity index (χ3v) is 3.71. The van der Waals surface area contributed by atoms with Crippen molar-refractivity contribution in [2.45, 2.75) is 31.9 Å². The largest absolute Gasteiger partial charge is 0.445 e. The topological polar surface area (TPSA) is 70.9 Å². The van der Waals surface area contributed by atoms with Gasteiger partial charge >= 0.3 is 6.09 Å². The van der Waals surface area contributed by atoms with E-state index in [9.17, 15) is 4.79 Å². The zero-order valence-corrected chi connectivity index (χ0v) is 12.2. The molecule has 6 heteroatoms. The van der Waals surface area contributed by atoms with E-state index in [0.29, 0.717) is 17.9 Å². The number of carbonyl (C=O) groups excluding carboxylic acids is 1. The molecule has 1 aliphatic rings. The zero-order chi connectivity index (χ0) is 15.1. The number of ether oxygens (including phenoxy) is 1. The van der Waals surface area contributed by atoms with Gasteiger partial charge < -0.3 is 15.3 Å². The van der Waals surface area contributed by atoms with Crippen molar-refractivity contribution in [3.8, 4) is 0 Å². The Morgan fingerprint density at radius 2 is 2.24 bits per heavy atom. The molecule has 0 aromatic heterocycles. The maximum atomic E-state index is 11.8. The predicted molar refractivity (Wildman–Crippen MR) is 80.6 cm³/mol. The molecule has 1 unspecified atom stereocenters. The first-order valence-corrected chi connectivity index (χ1v) is 7.09. The van der Waals surface area contributed by atoms with Crippen LogP contribution in [0.5, 0.6) is 0 Å². The molecule has 0 spiro atoms. The molecule has 21 heavy (non-hydrogen) atoms. The highest BCUT2D eigenvalue weighted by Crippen LogP contribution is 2.26. The van der Waals surface area contributed by atoms with Crippen molar-refractivity contribution < 1.29 is 14.7 Å². The molecule has 1 aliphatic carbocycles. The monoisotopic (exact) mass is 308 g/mol. The number of halogens is 1. The van der Waals surface area contributed by atoms with Crippen molar-refractivity contribution in [1.29, 1.82) is 0 Å². The number of hydrogen-bond donors (Lipinski definition) is 2. The zero-order valence-electron chi connectivity index (χ0n) is 11.5. The number of benzene rings is 1. The third-order valence-electron chi connectivity index (χ3n) is 3.28. The molecule has 0 radical (unpaired) electrons. The van der Waals surface area contributed by atoms with Crippen LogP contribution in [0.1, 0.15) is 24.8 Å². The molecule has 0 heterocycles. The first-order valence-electron chi connectivity index (χ1n) is 6.71. The van der Waals surface area contributed by atoms with E-state index in [1.807, 2.05) is 30.3 Å². The van der Waals surface area contributed by atoms with E-state index in [1.54, 1.807) is 0 Å². The molecule has 0 saturated carbocycles. The van der Waals surface area contributed by atoms with Crippen LogP contribution < -0.4 is 5.32 Å². The lowest BCUT2D eigenvalue weighted by Crippen LogP contribution is -2.37. The average molecular weight is 309 g/mol. The lowest BCUT2D eigenvalue weighted by Gasteiger charge is -2.23. The van der Waals surface area contributed by atoms with E-state index in [1.165, 1.54) is 6.21 Å². The van der Waals surface area contributed by atoms with Gasteiger partial charge in [0.05, 0.1) is 6.21 Å². The van der Waals surface area contributed by atoms with Gasteiger partial charge in [-0.15, -0.1) is 0 Å². The van der Waals surface area contributed by atoms with Crippen molar-refractivity contribution in [1.82, 2.24) is 5.32 Å². The molecule has 5 nitrogen and oxygen atoms in total. The molecule has 0 bridgehead atoms. The molecule has 0 aliphatic heterocycles. The Labute approximate surface area is 128 Å². The quantitative estimate of drug-likeness (QED) is 0.508. The number of rotatable bonds is 4. The molecule has 1 aromatic carbocycles. The van der Waals surface area contributed by atoms with Crippen LogP contribution in [0, 0.1) is 0 Å². The number of alkyl carbamates (subject to hydrolysis) is 1. The number of oxime groups is 1. The van der Waals surface area contributed by atoms with Crippen molar-refractivity contribution in [2.24, 2.45) is 5.16 Å². The highest BCUT2D eigenvalue weighted by atomic mass is 35.5. The fourth-order valence-electron chi connectivity index (χ4n) is 2.19. The fraction of sp³-hybridized carbons (Fsp3) is 0.333. The first kappa shape index (κ1) is 15.4. The Hall–Kier alpha value is -2.01. The van der Waals surface area contributed by atoms with Gasteiger partial charge in [-0.05, 0) is 30.4 Å². The summed E-state index contributed by atoms with van der Waals surface area (Å²) in [6.07, 6.45) is 2.77. The van der Waals surface area contributed by atoms with Gasteiger partial charge in [0.1, 0.15) is 6.61 Å². The molecule has 2 N–H and O–H groups in total. The number of amides is 1. The Balaban J connectivity index is 1.81. The second kappa shape index (κ2) is 7.69. The summed E-state index contributed by atoms with van der Waals surface area (Å²) < 4.78 is 5.17. The molecule has 0 fully saturated rings. The number of hydrogen-bond acceptors (Lipinski definition) is 4. The number of carbonyl (C=O) groups is 1. The van der Waals surface area contributed by atoms with Gasteiger partial charge in [-0.2, -0.15) is 0 Å². The normalized spacial score (nSPS) is 18.8. The summed E-state index contributed by atoms with van der Waals surface area (Å²) in [4.78, 5) is 11.8. The van der Waals surface area contributed by atoms with E-state index in [0.717, 1.165) is 17.6 Å². The summed E-state index contributed by atoms with van der Waals surface area (Å²) in [7, 11) is 0. The Morgan fingerprint density at radius 3 is 2.95 bits per heavy atom. The van der Waals surface area contributed by atoms with Crippen LogP contribution in [0.3, 0.4) is 0 Å². The maximum absolute atomic E-state index is 11.8. The second-order valence-corrected chi connectivity index (χ2v) is 5.28. The van der Waals surface area contributed by atoms with Gasteiger partial charge in [0.25, 0.3) is 0 Å². The van der Waals surface area contributed by atoms with Gasteiger partial charge in [-0.25, -0.2) is 4.79 Å². The summed E-state index contributed by atoms with van der Waals surface area (Å²) in [5, 5.41) is 15.0. The number of nitrogens with zero attached hydrogens (tertiary/aromatic N) is 1. The summed E-state index contributed by atoms with van der Waals surface area (Å²) in [5.74, 6) is 0. The molecule has 2 rings (SSSR count). The van der Waals surface area contributed by atoms with Gasteiger partial charge in [-0.1, -0.05) is 47.1 Å². The Kier molecular flexibility index (Phi) is 5.63. The van der Waals surface area contributed by atoms with Crippen LogP contribution in [0.4, 0.5) is 4.79 Å². The van der Waals surface area contributed by atoms with E-state index >= 15 is 0 Å². The lowest BCUT2D eigenvalue weighted by atomic mass is 9.95. The van der Waals surface area contributed by atoms with Crippen LogP contribution in [0.2, 0.25) is 0 Å². The minimum Gasteiger partial charge on any atom is -0.445 e. The van der Waals surface area contributed by atoms with Crippen molar-refractivity contribution in [3.05, 3.63) is 46.5 Å². The van der Waals surface area contributed by atoms with Gasteiger partial charge in [0.2, 0.25) is 0 Å². The van der Waals surface area contributed by atoms with Gasteiger partial charge in [0, 0.05) is 11.1 Å².